The zero-order valence-corrected chi connectivity index (χ0v) is 7.33. The average Bonchev–Trinajstić information content (AvgIpc) is 2.04. The molecule has 0 aliphatic rings. The first-order chi connectivity index (χ1) is 5.45. The third-order valence-electron chi connectivity index (χ3n) is 1.00. The Labute approximate surface area is 70.7 Å². The number of hydrogen-bond acceptors (Lipinski definition) is 4. The molecular weight excluding hydrogens is 164 g/mol. The van der Waals surface area contributed by atoms with Gasteiger partial charge in [-0.1, -0.05) is 0 Å². The summed E-state index contributed by atoms with van der Waals surface area (Å²) < 4.78 is 3.89. The molecule has 0 radical (unpaired) electrons. The van der Waals surface area contributed by atoms with Crippen LogP contribution in [0.2, 0.25) is 0 Å². The van der Waals surface area contributed by atoms with Crippen molar-refractivity contribution in [2.24, 2.45) is 5.73 Å². The van der Waals surface area contributed by atoms with Crippen molar-refractivity contribution in [3.8, 4) is 0 Å². The standard InChI is InChI=1S/C4H9NO2.C2H5NO2/c1-3(5-2)4(6)7;1-5-2(3)4/h3,5H,1-2H3,(H,6,7);1H3,(H2,3,4). The summed E-state index contributed by atoms with van der Waals surface area (Å²) >= 11 is 0. The molecule has 0 aliphatic heterocycles. The van der Waals surface area contributed by atoms with E-state index in [1.165, 1.54) is 7.11 Å². The minimum atomic E-state index is -0.817. The molecule has 0 rings (SSSR count). The van der Waals surface area contributed by atoms with Crippen LogP contribution in [0.5, 0.6) is 0 Å². The highest BCUT2D eigenvalue weighted by Gasteiger charge is 2.04. The number of nitrogens with one attached hydrogen (secondary N) is 1. The van der Waals surface area contributed by atoms with E-state index in [9.17, 15) is 9.59 Å². The maximum absolute atomic E-state index is 9.87. The predicted octanol–water partition coefficient (Wildman–Crippen LogP) is -0.610. The second-order valence-corrected chi connectivity index (χ2v) is 1.87. The Morgan fingerprint density at radius 2 is 1.92 bits per heavy atom. The number of ether oxygens (including phenoxy) is 1. The number of rotatable bonds is 2. The summed E-state index contributed by atoms with van der Waals surface area (Å²) in [5.41, 5.74) is 4.43. The van der Waals surface area contributed by atoms with Gasteiger partial charge in [0.05, 0.1) is 7.11 Å². The van der Waals surface area contributed by atoms with Crippen LogP contribution in [0.4, 0.5) is 4.79 Å². The molecule has 0 aromatic carbocycles. The fourth-order valence-electron chi connectivity index (χ4n) is 0.123. The molecule has 1 atom stereocenters. The average molecular weight is 178 g/mol. The number of primary amides is 1. The summed E-state index contributed by atoms with van der Waals surface area (Å²) in [5, 5.41) is 10.7. The molecule has 0 spiro atoms. The number of likely N-dealkylation sites (N-methyl/N-ethyl adjacent to an activating group) is 1. The fraction of sp³-hybridized carbons (Fsp3) is 0.667. The Morgan fingerprint density at radius 3 is 1.92 bits per heavy atom. The number of nitrogens with two attached hydrogens (primary N) is 1. The van der Waals surface area contributed by atoms with Gasteiger partial charge in [-0.15, -0.1) is 0 Å². The molecular formula is C6H14N2O4. The monoisotopic (exact) mass is 178 g/mol. The van der Waals surface area contributed by atoms with Crippen molar-refractivity contribution >= 4 is 12.1 Å². The number of carboxylic acid groups (broad SMARTS) is 1. The smallest absolute Gasteiger partial charge is 0.404 e. The van der Waals surface area contributed by atoms with Crippen molar-refractivity contribution in [1.29, 1.82) is 0 Å². The highest BCUT2D eigenvalue weighted by Crippen LogP contribution is 1.74. The van der Waals surface area contributed by atoms with Crippen LogP contribution in [0.1, 0.15) is 6.92 Å². The molecule has 0 aromatic rings. The van der Waals surface area contributed by atoms with Crippen molar-refractivity contribution in [2.75, 3.05) is 14.2 Å². The predicted molar refractivity (Wildman–Crippen MR) is 42.7 cm³/mol. The lowest BCUT2D eigenvalue weighted by Crippen LogP contribution is -2.29. The number of aliphatic carboxylic acids is 1. The minimum absolute atomic E-state index is 0.431. The van der Waals surface area contributed by atoms with Crippen molar-refractivity contribution in [3.05, 3.63) is 0 Å². The Balaban J connectivity index is 0. The third-order valence-corrected chi connectivity index (χ3v) is 1.00. The van der Waals surface area contributed by atoms with Gasteiger partial charge in [-0.2, -0.15) is 0 Å². The number of hydrogen-bond donors (Lipinski definition) is 3. The van der Waals surface area contributed by atoms with Gasteiger partial charge in [0.25, 0.3) is 0 Å². The van der Waals surface area contributed by atoms with Gasteiger partial charge in [0.2, 0.25) is 0 Å². The minimum Gasteiger partial charge on any atom is -0.480 e. The van der Waals surface area contributed by atoms with E-state index in [0.29, 0.717) is 0 Å². The highest BCUT2D eigenvalue weighted by atomic mass is 16.5. The zero-order valence-electron chi connectivity index (χ0n) is 7.33. The first-order valence-electron chi connectivity index (χ1n) is 3.19. The fourth-order valence-corrected chi connectivity index (χ4v) is 0.123. The molecule has 0 aromatic heterocycles. The molecule has 72 valence electrons. The number of amides is 1. The van der Waals surface area contributed by atoms with Gasteiger partial charge in [0.15, 0.2) is 0 Å². The molecule has 0 saturated heterocycles. The summed E-state index contributed by atoms with van der Waals surface area (Å²) in [6.45, 7) is 1.59. The summed E-state index contributed by atoms with van der Waals surface area (Å²) in [4.78, 5) is 19.2. The van der Waals surface area contributed by atoms with Crippen LogP contribution in [0, 0.1) is 0 Å². The molecule has 6 nitrogen and oxygen atoms in total. The lowest BCUT2D eigenvalue weighted by Gasteiger charge is -1.99. The Bertz CT molecular complexity index is 148. The van der Waals surface area contributed by atoms with E-state index >= 15 is 0 Å². The van der Waals surface area contributed by atoms with Crippen molar-refractivity contribution in [2.45, 2.75) is 13.0 Å². The summed E-state index contributed by atoms with van der Waals surface area (Å²) in [7, 11) is 2.83. The van der Waals surface area contributed by atoms with E-state index in [-0.39, 0.29) is 0 Å². The van der Waals surface area contributed by atoms with E-state index in [2.05, 4.69) is 15.8 Å². The van der Waals surface area contributed by atoms with E-state index in [1.807, 2.05) is 0 Å². The SMILES string of the molecule is CNC(C)C(=O)O.COC(N)=O. The van der Waals surface area contributed by atoms with Gasteiger partial charge in [0, 0.05) is 0 Å². The molecule has 0 saturated carbocycles. The summed E-state index contributed by atoms with van der Waals surface area (Å²) in [5.74, 6) is -0.817. The zero-order chi connectivity index (χ0) is 10.1. The van der Waals surface area contributed by atoms with Gasteiger partial charge < -0.3 is 20.9 Å². The lowest BCUT2D eigenvalue weighted by molar-refractivity contribution is -0.138. The molecule has 6 heteroatoms. The van der Waals surface area contributed by atoms with Gasteiger partial charge in [-0.25, -0.2) is 4.79 Å². The molecule has 0 fully saturated rings. The maximum Gasteiger partial charge on any atom is 0.404 e. The van der Waals surface area contributed by atoms with Crippen LogP contribution in [0.15, 0.2) is 0 Å². The molecule has 1 unspecified atom stereocenters. The highest BCUT2D eigenvalue weighted by molar-refractivity contribution is 5.72. The molecule has 1 amide bonds. The van der Waals surface area contributed by atoms with Crippen molar-refractivity contribution in [1.82, 2.24) is 5.32 Å². The van der Waals surface area contributed by atoms with Crippen LogP contribution < -0.4 is 11.1 Å². The van der Waals surface area contributed by atoms with Gasteiger partial charge >= 0.3 is 12.1 Å². The van der Waals surface area contributed by atoms with Crippen LogP contribution in [-0.4, -0.2) is 37.4 Å². The van der Waals surface area contributed by atoms with E-state index < -0.39 is 18.1 Å². The molecule has 0 aliphatic carbocycles. The summed E-state index contributed by atoms with van der Waals surface area (Å²) in [6.07, 6.45) is -0.745. The lowest BCUT2D eigenvalue weighted by atomic mass is 10.4. The number of carboxylic acids is 1. The second-order valence-electron chi connectivity index (χ2n) is 1.87. The third kappa shape index (κ3) is 11.5. The van der Waals surface area contributed by atoms with Crippen molar-refractivity contribution in [3.63, 3.8) is 0 Å². The normalized spacial score (nSPS) is 10.6. The summed E-state index contributed by atoms with van der Waals surface area (Å²) in [6, 6.07) is -0.431. The van der Waals surface area contributed by atoms with Gasteiger partial charge in [-0.05, 0) is 14.0 Å². The molecule has 12 heavy (non-hydrogen) atoms. The van der Waals surface area contributed by atoms with E-state index in [4.69, 9.17) is 5.11 Å². The molecule has 0 bridgehead atoms. The van der Waals surface area contributed by atoms with Crippen LogP contribution in [-0.2, 0) is 9.53 Å². The van der Waals surface area contributed by atoms with Gasteiger partial charge in [0.1, 0.15) is 6.04 Å². The Kier molecular flexibility index (Phi) is 8.65. The van der Waals surface area contributed by atoms with E-state index in [0.717, 1.165) is 0 Å². The van der Waals surface area contributed by atoms with Gasteiger partial charge in [-0.3, -0.25) is 4.79 Å². The number of carbonyl (C=O) groups is 2. The molecule has 0 heterocycles. The second kappa shape index (κ2) is 7.80. The number of carbonyl (C=O) groups excluding carboxylic acids is 1. The van der Waals surface area contributed by atoms with E-state index in [1.54, 1.807) is 14.0 Å². The number of methoxy groups -OCH3 is 1. The van der Waals surface area contributed by atoms with Crippen LogP contribution in [0.3, 0.4) is 0 Å². The van der Waals surface area contributed by atoms with Crippen molar-refractivity contribution < 1.29 is 19.4 Å². The Hall–Kier alpha value is -1.30. The van der Waals surface area contributed by atoms with Crippen LogP contribution >= 0.6 is 0 Å². The largest absolute Gasteiger partial charge is 0.480 e. The Morgan fingerprint density at radius 1 is 1.58 bits per heavy atom. The quantitative estimate of drug-likeness (QED) is 0.523. The first kappa shape index (κ1) is 13.3. The molecule has 4 N–H and O–H groups in total. The first-order valence-corrected chi connectivity index (χ1v) is 3.19. The topological polar surface area (TPSA) is 102 Å². The van der Waals surface area contributed by atoms with Crippen LogP contribution in [0.25, 0.3) is 0 Å². The maximum atomic E-state index is 9.87.